The number of allylic oxidation sites excluding steroid dienone is 1. The molecule has 3 heteroatoms. The molecule has 0 nitrogen and oxygen atoms in total. The summed E-state index contributed by atoms with van der Waals surface area (Å²) in [6.07, 6.45) is 8.12. The fraction of sp³-hybridized carbons (Fsp3) is 0.417. The van der Waals surface area contributed by atoms with Crippen LogP contribution >= 0.6 is 0 Å². The highest BCUT2D eigenvalue weighted by atomic mass is 19.1. The molecule has 0 heterocycles. The molecule has 0 radical (unpaired) electrons. The van der Waals surface area contributed by atoms with Crippen molar-refractivity contribution >= 4 is 11.6 Å². The van der Waals surface area contributed by atoms with E-state index in [1.165, 1.54) is 24.6 Å². The zero-order valence-electron chi connectivity index (χ0n) is 15.7. The van der Waals surface area contributed by atoms with Gasteiger partial charge in [-0.2, -0.15) is 0 Å². The van der Waals surface area contributed by atoms with Gasteiger partial charge in [-0.25, -0.2) is 13.2 Å². The average Bonchev–Trinajstić information content (AvgIpc) is 2.67. The molecule has 0 spiro atoms. The highest BCUT2D eigenvalue weighted by Crippen LogP contribution is 2.40. The Kier molecular flexibility index (Phi) is 5.12. The van der Waals surface area contributed by atoms with Crippen LogP contribution in [0, 0.1) is 23.4 Å². The molecular weight excluding hydrogens is 345 g/mol. The first-order chi connectivity index (χ1) is 13.1. The number of halogens is 3. The van der Waals surface area contributed by atoms with Crippen molar-refractivity contribution in [2.45, 2.75) is 57.8 Å². The molecule has 0 aliphatic heterocycles. The average molecular weight is 370 g/mol. The van der Waals surface area contributed by atoms with Crippen molar-refractivity contribution in [3.63, 3.8) is 0 Å². The third-order valence-corrected chi connectivity index (χ3v) is 6.41. The normalized spacial score (nSPS) is 22.3. The summed E-state index contributed by atoms with van der Waals surface area (Å²) in [6, 6.07) is 7.92. The lowest BCUT2D eigenvalue weighted by atomic mass is 9.77. The van der Waals surface area contributed by atoms with Gasteiger partial charge in [-0.05, 0) is 90.8 Å². The van der Waals surface area contributed by atoms with E-state index in [2.05, 4.69) is 6.92 Å². The van der Waals surface area contributed by atoms with Crippen LogP contribution in [0.4, 0.5) is 13.2 Å². The minimum Gasteiger partial charge on any atom is -0.207 e. The van der Waals surface area contributed by atoms with Crippen molar-refractivity contribution in [1.29, 1.82) is 0 Å². The Labute approximate surface area is 159 Å². The summed E-state index contributed by atoms with van der Waals surface area (Å²) in [6.45, 7) is 2.21. The summed E-state index contributed by atoms with van der Waals surface area (Å²) >= 11 is 0. The highest BCUT2D eigenvalue weighted by molar-refractivity contribution is 5.85. The number of benzene rings is 2. The Morgan fingerprint density at radius 1 is 0.889 bits per heavy atom. The molecule has 142 valence electrons. The maximum absolute atomic E-state index is 14.9. The van der Waals surface area contributed by atoms with E-state index >= 15 is 0 Å². The minimum atomic E-state index is -0.492. The third kappa shape index (κ3) is 3.56. The summed E-state index contributed by atoms with van der Waals surface area (Å²) in [4.78, 5) is 0. The molecule has 27 heavy (non-hydrogen) atoms. The molecule has 1 saturated carbocycles. The van der Waals surface area contributed by atoms with Gasteiger partial charge in [0.1, 0.15) is 17.5 Å². The van der Waals surface area contributed by atoms with Crippen LogP contribution in [0.1, 0.15) is 73.6 Å². The molecule has 0 bridgehead atoms. The topological polar surface area (TPSA) is 0 Å². The van der Waals surface area contributed by atoms with Crippen LogP contribution in [-0.2, 0) is 6.42 Å². The van der Waals surface area contributed by atoms with E-state index in [4.69, 9.17) is 0 Å². The smallest absolute Gasteiger partial charge is 0.133 e. The van der Waals surface area contributed by atoms with Crippen LogP contribution in [0.3, 0.4) is 0 Å². The van der Waals surface area contributed by atoms with Crippen LogP contribution in [-0.4, -0.2) is 0 Å². The number of hydrogen-bond donors (Lipinski definition) is 0. The molecule has 2 aromatic carbocycles. The first-order valence-electron chi connectivity index (χ1n) is 10.0. The summed E-state index contributed by atoms with van der Waals surface area (Å²) in [5, 5.41) is 0. The summed E-state index contributed by atoms with van der Waals surface area (Å²) in [7, 11) is 0. The Hall–Kier alpha value is -2.03. The molecule has 4 rings (SSSR count). The van der Waals surface area contributed by atoms with Crippen molar-refractivity contribution < 1.29 is 13.2 Å². The van der Waals surface area contributed by atoms with Crippen LogP contribution in [0.2, 0.25) is 0 Å². The zero-order valence-corrected chi connectivity index (χ0v) is 15.7. The van der Waals surface area contributed by atoms with E-state index in [0.29, 0.717) is 24.0 Å². The Morgan fingerprint density at radius 2 is 1.59 bits per heavy atom. The molecule has 0 unspecified atom stereocenters. The van der Waals surface area contributed by atoms with Crippen molar-refractivity contribution in [2.24, 2.45) is 5.92 Å². The lowest BCUT2D eigenvalue weighted by molar-refractivity contribution is 0.318. The lowest BCUT2D eigenvalue weighted by Crippen LogP contribution is -2.13. The number of rotatable bonds is 3. The van der Waals surface area contributed by atoms with E-state index < -0.39 is 11.6 Å². The van der Waals surface area contributed by atoms with Gasteiger partial charge in [-0.3, -0.25) is 0 Å². The van der Waals surface area contributed by atoms with E-state index in [0.717, 1.165) is 42.7 Å². The van der Waals surface area contributed by atoms with Gasteiger partial charge in [0.15, 0.2) is 0 Å². The van der Waals surface area contributed by atoms with Crippen molar-refractivity contribution in [2.75, 3.05) is 0 Å². The van der Waals surface area contributed by atoms with Gasteiger partial charge in [-0.1, -0.05) is 31.6 Å². The standard InChI is InChI=1S/C24H25F3/c1-2-15-6-8-16(9-7-15)19-13-22(26)24(23(27)14-19)18-10-11-20-17(12-18)4-3-5-21(20)25/h3-5,12-16H,2,6-11H2,1H3. The maximum Gasteiger partial charge on any atom is 0.133 e. The van der Waals surface area contributed by atoms with E-state index in [1.54, 1.807) is 18.2 Å². The molecule has 0 aromatic heterocycles. The third-order valence-electron chi connectivity index (χ3n) is 6.41. The fourth-order valence-corrected chi connectivity index (χ4v) is 4.73. The SMILES string of the molecule is CCC1CCC(c2cc(F)c(C3=Cc4cccc(F)c4CC3)c(F)c2)CC1. The van der Waals surface area contributed by atoms with Crippen LogP contribution in [0.15, 0.2) is 30.3 Å². The summed E-state index contributed by atoms with van der Waals surface area (Å²) in [5.74, 6) is -0.228. The second-order valence-electron chi connectivity index (χ2n) is 7.96. The zero-order chi connectivity index (χ0) is 19.0. The van der Waals surface area contributed by atoms with Crippen LogP contribution in [0.5, 0.6) is 0 Å². The van der Waals surface area contributed by atoms with Gasteiger partial charge in [0.25, 0.3) is 0 Å². The van der Waals surface area contributed by atoms with Gasteiger partial charge < -0.3 is 0 Å². The Balaban J connectivity index is 1.64. The molecule has 0 amide bonds. The van der Waals surface area contributed by atoms with Crippen LogP contribution < -0.4 is 0 Å². The van der Waals surface area contributed by atoms with Gasteiger partial charge in [-0.15, -0.1) is 0 Å². The lowest BCUT2D eigenvalue weighted by Gasteiger charge is -2.28. The molecule has 0 saturated heterocycles. The maximum atomic E-state index is 14.9. The monoisotopic (exact) mass is 370 g/mol. The quantitative estimate of drug-likeness (QED) is 0.533. The second kappa shape index (κ2) is 7.53. The minimum absolute atomic E-state index is 0.0518. The molecule has 2 aromatic rings. The molecule has 0 N–H and O–H groups in total. The van der Waals surface area contributed by atoms with Crippen molar-refractivity contribution in [3.05, 3.63) is 70.0 Å². The largest absolute Gasteiger partial charge is 0.207 e. The Morgan fingerprint density at radius 3 is 2.26 bits per heavy atom. The van der Waals surface area contributed by atoms with E-state index in [1.807, 2.05) is 0 Å². The first kappa shape index (κ1) is 18.3. The second-order valence-corrected chi connectivity index (χ2v) is 7.96. The molecule has 0 atom stereocenters. The highest BCUT2D eigenvalue weighted by Gasteiger charge is 2.25. The van der Waals surface area contributed by atoms with E-state index in [9.17, 15) is 13.2 Å². The Bertz CT molecular complexity index is 850. The molecule has 2 aliphatic carbocycles. The van der Waals surface area contributed by atoms with Crippen LogP contribution in [0.25, 0.3) is 11.6 Å². The summed E-state index contributed by atoms with van der Waals surface area (Å²) in [5.41, 5.74) is 2.80. The first-order valence-corrected chi connectivity index (χ1v) is 10.0. The van der Waals surface area contributed by atoms with Gasteiger partial charge in [0.05, 0.1) is 0 Å². The van der Waals surface area contributed by atoms with Gasteiger partial charge in [0, 0.05) is 5.56 Å². The molecule has 1 fully saturated rings. The van der Waals surface area contributed by atoms with Gasteiger partial charge >= 0.3 is 0 Å². The van der Waals surface area contributed by atoms with E-state index in [-0.39, 0.29) is 17.3 Å². The predicted molar refractivity (Wildman–Crippen MR) is 104 cm³/mol. The van der Waals surface area contributed by atoms with Gasteiger partial charge in [0.2, 0.25) is 0 Å². The number of fused-ring (bicyclic) bond motifs is 1. The fourth-order valence-electron chi connectivity index (χ4n) is 4.73. The predicted octanol–water partition coefficient (Wildman–Crippen LogP) is 7.27. The number of hydrogen-bond acceptors (Lipinski definition) is 0. The van der Waals surface area contributed by atoms with Crippen molar-refractivity contribution in [3.8, 4) is 0 Å². The molecular formula is C24H25F3. The van der Waals surface area contributed by atoms with Crippen molar-refractivity contribution in [1.82, 2.24) is 0 Å². The summed E-state index contributed by atoms with van der Waals surface area (Å²) < 4.78 is 43.7. The molecule has 2 aliphatic rings.